The summed E-state index contributed by atoms with van der Waals surface area (Å²) in [5.41, 5.74) is 2.93. The van der Waals surface area contributed by atoms with Crippen molar-refractivity contribution < 1.29 is 14.0 Å². The lowest BCUT2D eigenvalue weighted by atomic mass is 9.80. The molecule has 0 radical (unpaired) electrons. The number of hydrogen-bond donors (Lipinski definition) is 3. The van der Waals surface area contributed by atoms with E-state index in [0.717, 1.165) is 54.7 Å². The molecular formula is C30H32FN5O2. The van der Waals surface area contributed by atoms with E-state index in [1.165, 1.54) is 18.2 Å². The normalized spacial score (nSPS) is 26.4. The fourth-order valence-corrected chi connectivity index (χ4v) is 6.48. The molecule has 3 aromatic rings. The number of aromatic nitrogens is 2. The fraction of sp³-hybridized carbons (Fsp3) is 0.367. The molecule has 3 aliphatic rings. The first kappa shape index (κ1) is 24.4. The Morgan fingerprint density at radius 3 is 2.68 bits per heavy atom. The molecule has 1 aliphatic carbocycles. The topological polar surface area (TPSA) is 90.1 Å². The second-order valence-corrected chi connectivity index (χ2v) is 10.5. The monoisotopic (exact) mass is 513 g/mol. The summed E-state index contributed by atoms with van der Waals surface area (Å²) < 4.78 is 13.2. The Kier molecular flexibility index (Phi) is 6.70. The van der Waals surface area contributed by atoms with Crippen LogP contribution in [0.5, 0.6) is 0 Å². The van der Waals surface area contributed by atoms with Crippen LogP contribution in [0.3, 0.4) is 0 Å². The van der Waals surface area contributed by atoms with Crippen molar-refractivity contribution in [2.45, 2.75) is 50.2 Å². The van der Waals surface area contributed by atoms with Gasteiger partial charge in [-0.25, -0.2) is 9.37 Å². The minimum absolute atomic E-state index is 0.00107. The average Bonchev–Trinajstić information content (AvgIpc) is 3.63. The van der Waals surface area contributed by atoms with E-state index in [1.54, 1.807) is 24.4 Å². The van der Waals surface area contributed by atoms with Crippen molar-refractivity contribution >= 4 is 23.6 Å². The Morgan fingerprint density at radius 1 is 1.05 bits per heavy atom. The highest BCUT2D eigenvalue weighted by Crippen LogP contribution is 2.51. The Balaban J connectivity index is 1.21. The molecule has 196 valence electrons. The highest BCUT2D eigenvalue weighted by atomic mass is 19.1. The number of amides is 2. The number of carbonyl (C=O) groups is 2. The van der Waals surface area contributed by atoms with Crippen LogP contribution < -0.4 is 10.6 Å². The maximum Gasteiger partial charge on any atom is 0.244 e. The zero-order chi connectivity index (χ0) is 26.1. The summed E-state index contributed by atoms with van der Waals surface area (Å²) in [6.07, 6.45) is 11.1. The average molecular weight is 514 g/mol. The first-order chi connectivity index (χ1) is 18.6. The molecule has 2 amide bonds. The van der Waals surface area contributed by atoms with Gasteiger partial charge in [-0.3, -0.25) is 9.59 Å². The summed E-state index contributed by atoms with van der Waals surface area (Å²) >= 11 is 0. The van der Waals surface area contributed by atoms with Crippen molar-refractivity contribution in [3.63, 3.8) is 0 Å². The smallest absolute Gasteiger partial charge is 0.244 e. The molecule has 0 unspecified atom stereocenters. The van der Waals surface area contributed by atoms with Gasteiger partial charge < -0.3 is 20.5 Å². The van der Waals surface area contributed by atoms with Crippen molar-refractivity contribution in [1.82, 2.24) is 20.2 Å². The lowest BCUT2D eigenvalue weighted by molar-refractivity contribution is -0.139. The summed E-state index contributed by atoms with van der Waals surface area (Å²) in [6.45, 7) is 0.684. The molecule has 1 aromatic heterocycles. The molecule has 1 saturated carbocycles. The SMILES string of the molecule is O=C(/C=C/c1ccc(F)cc1)N[C@@H]1CCCC[C@@H]1C(=O)N1CC[C@@H]2[C@H](c3ncc[nH]3)Nc3ccccc3[C@@H]21. The molecule has 2 fully saturated rings. The van der Waals surface area contributed by atoms with Crippen LogP contribution >= 0.6 is 0 Å². The number of hydrogen-bond acceptors (Lipinski definition) is 4. The number of aromatic amines is 1. The molecule has 7 nitrogen and oxygen atoms in total. The number of nitrogens with one attached hydrogen (secondary N) is 3. The Bertz CT molecular complexity index is 1320. The largest absolute Gasteiger partial charge is 0.375 e. The number of imidazole rings is 1. The van der Waals surface area contributed by atoms with Gasteiger partial charge in [0.05, 0.1) is 18.0 Å². The lowest BCUT2D eigenvalue weighted by Gasteiger charge is -2.41. The number of likely N-dealkylation sites (tertiary alicyclic amines) is 1. The first-order valence-corrected chi connectivity index (χ1v) is 13.5. The van der Waals surface area contributed by atoms with Crippen LogP contribution in [0.2, 0.25) is 0 Å². The molecule has 1 saturated heterocycles. The summed E-state index contributed by atoms with van der Waals surface area (Å²) in [6, 6.07) is 14.0. The number of fused-ring (bicyclic) bond motifs is 3. The highest BCUT2D eigenvalue weighted by Gasteiger charge is 2.49. The summed E-state index contributed by atoms with van der Waals surface area (Å²) in [7, 11) is 0. The molecule has 6 rings (SSSR count). The molecule has 0 bridgehead atoms. The number of benzene rings is 2. The van der Waals surface area contributed by atoms with Crippen LogP contribution in [0.1, 0.15) is 61.1 Å². The first-order valence-electron chi connectivity index (χ1n) is 13.5. The lowest BCUT2D eigenvalue weighted by Crippen LogP contribution is -2.49. The predicted molar refractivity (Wildman–Crippen MR) is 143 cm³/mol. The van der Waals surface area contributed by atoms with Crippen molar-refractivity contribution in [3.8, 4) is 0 Å². The van der Waals surface area contributed by atoms with E-state index in [0.29, 0.717) is 6.54 Å². The van der Waals surface area contributed by atoms with Gasteiger partial charge in [-0.05, 0) is 54.7 Å². The number of anilines is 1. The van der Waals surface area contributed by atoms with Gasteiger partial charge in [0.2, 0.25) is 11.8 Å². The second kappa shape index (κ2) is 10.4. The maximum atomic E-state index is 14.1. The van der Waals surface area contributed by atoms with Crippen molar-refractivity contribution in [3.05, 3.63) is 89.8 Å². The molecule has 2 aliphatic heterocycles. The van der Waals surface area contributed by atoms with Crippen molar-refractivity contribution in [1.29, 1.82) is 0 Å². The summed E-state index contributed by atoms with van der Waals surface area (Å²) in [4.78, 5) is 36.8. The van der Waals surface area contributed by atoms with Crippen LogP contribution in [0.4, 0.5) is 10.1 Å². The van der Waals surface area contributed by atoms with E-state index < -0.39 is 0 Å². The third-order valence-corrected chi connectivity index (χ3v) is 8.27. The van der Waals surface area contributed by atoms with Crippen LogP contribution in [0, 0.1) is 17.7 Å². The standard InChI is InChI=1S/C30H32FN5O2/c31-20-12-9-19(10-13-20)11-14-26(37)34-25-8-4-2-6-22(25)30(38)36-18-15-23-27(29-32-16-17-33-29)35-24-7-3-1-5-21(24)28(23)36/h1,3,5,7,9-14,16-17,22-23,25,27-28,35H,2,4,6,8,15,18H2,(H,32,33)(H,34,37)/b14-11+/t22-,23+,25+,27+,28-/m0/s1. The van der Waals surface area contributed by atoms with Gasteiger partial charge in [0.25, 0.3) is 0 Å². The van der Waals surface area contributed by atoms with Crippen LogP contribution in [-0.4, -0.2) is 39.3 Å². The van der Waals surface area contributed by atoms with E-state index >= 15 is 0 Å². The van der Waals surface area contributed by atoms with E-state index in [1.807, 2.05) is 18.3 Å². The Morgan fingerprint density at radius 2 is 1.87 bits per heavy atom. The molecule has 3 N–H and O–H groups in total. The minimum atomic E-state index is -0.314. The van der Waals surface area contributed by atoms with Gasteiger partial charge >= 0.3 is 0 Å². The maximum absolute atomic E-state index is 14.1. The molecule has 8 heteroatoms. The van der Waals surface area contributed by atoms with E-state index in [4.69, 9.17) is 0 Å². The van der Waals surface area contributed by atoms with E-state index in [9.17, 15) is 14.0 Å². The van der Waals surface area contributed by atoms with Crippen LogP contribution in [0.15, 0.2) is 67.0 Å². The van der Waals surface area contributed by atoms with Gasteiger partial charge in [0.1, 0.15) is 11.6 Å². The zero-order valence-electron chi connectivity index (χ0n) is 21.1. The fourth-order valence-electron chi connectivity index (χ4n) is 6.48. The van der Waals surface area contributed by atoms with E-state index in [2.05, 4.69) is 37.6 Å². The number of H-pyrrole nitrogens is 1. The van der Waals surface area contributed by atoms with Gasteiger partial charge in [-0.15, -0.1) is 0 Å². The van der Waals surface area contributed by atoms with Crippen LogP contribution in [-0.2, 0) is 9.59 Å². The summed E-state index contributed by atoms with van der Waals surface area (Å²) in [5, 5.41) is 6.76. The molecule has 2 aromatic carbocycles. The summed E-state index contributed by atoms with van der Waals surface area (Å²) in [5.74, 6) is 0.416. The van der Waals surface area contributed by atoms with Gasteiger partial charge in [0, 0.05) is 42.7 Å². The van der Waals surface area contributed by atoms with Gasteiger partial charge in [-0.1, -0.05) is 43.2 Å². The quantitative estimate of drug-likeness (QED) is 0.419. The minimum Gasteiger partial charge on any atom is -0.375 e. The van der Waals surface area contributed by atoms with Crippen LogP contribution in [0.25, 0.3) is 6.08 Å². The van der Waals surface area contributed by atoms with Crippen molar-refractivity contribution in [2.75, 3.05) is 11.9 Å². The third kappa shape index (κ3) is 4.71. The third-order valence-electron chi connectivity index (χ3n) is 8.27. The number of carbonyl (C=O) groups excluding carboxylic acids is 2. The molecule has 3 heterocycles. The van der Waals surface area contributed by atoms with Crippen molar-refractivity contribution in [2.24, 2.45) is 11.8 Å². The predicted octanol–water partition coefficient (Wildman–Crippen LogP) is 4.99. The number of halogens is 1. The molecular weight excluding hydrogens is 481 g/mol. The zero-order valence-corrected chi connectivity index (χ0v) is 21.1. The second-order valence-electron chi connectivity index (χ2n) is 10.5. The van der Waals surface area contributed by atoms with Gasteiger partial charge in [-0.2, -0.15) is 0 Å². The Labute approximate surface area is 221 Å². The number of rotatable bonds is 5. The molecule has 38 heavy (non-hydrogen) atoms. The number of nitrogens with zero attached hydrogens (tertiary/aromatic N) is 2. The van der Waals surface area contributed by atoms with E-state index in [-0.39, 0.29) is 47.6 Å². The number of para-hydroxylation sites is 1. The molecule has 0 spiro atoms. The highest BCUT2D eigenvalue weighted by molar-refractivity contribution is 5.92. The molecule has 5 atom stereocenters. The van der Waals surface area contributed by atoms with Gasteiger partial charge in [0.15, 0.2) is 0 Å². The Hall–Kier alpha value is -3.94.